The van der Waals surface area contributed by atoms with Crippen molar-refractivity contribution in [2.45, 2.75) is 45.6 Å². The fourth-order valence-corrected chi connectivity index (χ4v) is 2.86. The minimum Gasteiger partial charge on any atom is -0.493 e. The molecular formula is C19H27NO5. The van der Waals surface area contributed by atoms with Crippen LogP contribution >= 0.6 is 0 Å². The van der Waals surface area contributed by atoms with E-state index < -0.39 is 11.6 Å². The van der Waals surface area contributed by atoms with Crippen LogP contribution in [0.4, 0.5) is 0 Å². The fourth-order valence-electron chi connectivity index (χ4n) is 2.86. The van der Waals surface area contributed by atoms with Crippen LogP contribution in [0.25, 0.3) is 0 Å². The van der Waals surface area contributed by atoms with Crippen LogP contribution in [0.15, 0.2) is 18.2 Å². The number of carbonyl (C=O) groups excluding carboxylic acids is 2. The number of esters is 1. The molecule has 138 valence electrons. The Balaban J connectivity index is 1.79. The SMILES string of the molecule is CCOC(=O)C1(O)CCN(C(=O)CCOc2cc(C)ccc2C)CC1. The van der Waals surface area contributed by atoms with Crippen LogP contribution in [0.1, 0.15) is 37.3 Å². The smallest absolute Gasteiger partial charge is 0.338 e. The summed E-state index contributed by atoms with van der Waals surface area (Å²) < 4.78 is 10.6. The Morgan fingerprint density at radius 3 is 2.56 bits per heavy atom. The van der Waals surface area contributed by atoms with E-state index in [-0.39, 0.29) is 31.8 Å². The van der Waals surface area contributed by atoms with Crippen molar-refractivity contribution in [3.63, 3.8) is 0 Å². The van der Waals surface area contributed by atoms with Crippen molar-refractivity contribution in [3.05, 3.63) is 29.3 Å². The Morgan fingerprint density at radius 1 is 1.24 bits per heavy atom. The molecule has 0 aromatic heterocycles. The van der Waals surface area contributed by atoms with Gasteiger partial charge in [0.25, 0.3) is 0 Å². The van der Waals surface area contributed by atoms with Crippen molar-refractivity contribution < 1.29 is 24.2 Å². The first-order valence-electron chi connectivity index (χ1n) is 8.73. The maximum absolute atomic E-state index is 12.3. The van der Waals surface area contributed by atoms with Gasteiger partial charge >= 0.3 is 5.97 Å². The quantitative estimate of drug-likeness (QED) is 0.795. The Morgan fingerprint density at radius 2 is 1.92 bits per heavy atom. The molecule has 6 heteroatoms. The second kappa shape index (κ2) is 8.34. The average molecular weight is 349 g/mol. The van der Waals surface area contributed by atoms with Crippen LogP contribution < -0.4 is 4.74 Å². The van der Waals surface area contributed by atoms with Gasteiger partial charge in [-0.05, 0) is 38.0 Å². The summed E-state index contributed by atoms with van der Waals surface area (Å²) in [4.78, 5) is 25.8. The molecule has 1 aliphatic rings. The molecule has 0 atom stereocenters. The molecule has 0 spiro atoms. The van der Waals surface area contributed by atoms with E-state index in [4.69, 9.17) is 9.47 Å². The fraction of sp³-hybridized carbons (Fsp3) is 0.579. The van der Waals surface area contributed by atoms with E-state index in [1.807, 2.05) is 32.0 Å². The number of hydrogen-bond donors (Lipinski definition) is 1. The highest BCUT2D eigenvalue weighted by atomic mass is 16.5. The maximum atomic E-state index is 12.3. The summed E-state index contributed by atoms with van der Waals surface area (Å²) in [6, 6.07) is 5.97. The molecule has 1 saturated heterocycles. The van der Waals surface area contributed by atoms with Crippen molar-refractivity contribution in [1.82, 2.24) is 4.90 Å². The first-order valence-corrected chi connectivity index (χ1v) is 8.73. The van der Waals surface area contributed by atoms with E-state index >= 15 is 0 Å². The highest BCUT2D eigenvalue weighted by molar-refractivity contribution is 5.81. The predicted octanol–water partition coefficient (Wildman–Crippen LogP) is 1.99. The number of aliphatic hydroxyl groups is 1. The number of likely N-dealkylation sites (tertiary alicyclic amines) is 1. The summed E-state index contributed by atoms with van der Waals surface area (Å²) in [5.41, 5.74) is 0.679. The van der Waals surface area contributed by atoms with Gasteiger partial charge in [0.2, 0.25) is 5.91 Å². The Bertz CT molecular complexity index is 620. The molecule has 1 amide bonds. The third-order valence-electron chi connectivity index (χ3n) is 4.52. The largest absolute Gasteiger partial charge is 0.493 e. The summed E-state index contributed by atoms with van der Waals surface area (Å²) in [6.07, 6.45) is 0.677. The Labute approximate surface area is 148 Å². The topological polar surface area (TPSA) is 76.1 Å². The molecule has 0 aliphatic carbocycles. The number of nitrogens with zero attached hydrogens (tertiary/aromatic N) is 1. The van der Waals surface area contributed by atoms with Crippen molar-refractivity contribution in [2.24, 2.45) is 0 Å². The molecule has 1 heterocycles. The number of piperidine rings is 1. The zero-order chi connectivity index (χ0) is 18.4. The lowest BCUT2D eigenvalue weighted by Crippen LogP contribution is -2.51. The second-order valence-electron chi connectivity index (χ2n) is 6.50. The molecule has 1 aliphatic heterocycles. The van der Waals surface area contributed by atoms with E-state index in [0.29, 0.717) is 19.7 Å². The summed E-state index contributed by atoms with van der Waals surface area (Å²) in [7, 11) is 0. The van der Waals surface area contributed by atoms with Gasteiger partial charge in [-0.25, -0.2) is 4.79 Å². The highest BCUT2D eigenvalue weighted by Crippen LogP contribution is 2.24. The van der Waals surface area contributed by atoms with Crippen LogP contribution in [-0.2, 0) is 14.3 Å². The van der Waals surface area contributed by atoms with Gasteiger partial charge in [-0.3, -0.25) is 4.79 Å². The third kappa shape index (κ3) is 4.95. The molecule has 0 radical (unpaired) electrons. The van der Waals surface area contributed by atoms with Crippen molar-refractivity contribution in [2.75, 3.05) is 26.3 Å². The van der Waals surface area contributed by atoms with E-state index in [0.717, 1.165) is 16.9 Å². The first kappa shape index (κ1) is 19.2. The van der Waals surface area contributed by atoms with Gasteiger partial charge in [-0.1, -0.05) is 12.1 Å². The molecule has 0 bridgehead atoms. The first-order chi connectivity index (χ1) is 11.9. The normalized spacial score (nSPS) is 16.4. The number of rotatable bonds is 6. The number of carbonyl (C=O) groups is 2. The number of hydrogen-bond acceptors (Lipinski definition) is 5. The lowest BCUT2D eigenvalue weighted by atomic mass is 9.91. The number of amides is 1. The molecule has 25 heavy (non-hydrogen) atoms. The molecule has 2 rings (SSSR count). The number of benzene rings is 1. The molecule has 1 N–H and O–H groups in total. The monoisotopic (exact) mass is 349 g/mol. The van der Waals surface area contributed by atoms with Gasteiger partial charge in [-0.15, -0.1) is 0 Å². The molecule has 0 unspecified atom stereocenters. The second-order valence-corrected chi connectivity index (χ2v) is 6.50. The van der Waals surface area contributed by atoms with Crippen LogP contribution in [0.3, 0.4) is 0 Å². The van der Waals surface area contributed by atoms with Gasteiger partial charge in [0.1, 0.15) is 5.75 Å². The van der Waals surface area contributed by atoms with E-state index in [1.165, 1.54) is 0 Å². The zero-order valence-corrected chi connectivity index (χ0v) is 15.2. The lowest BCUT2D eigenvalue weighted by molar-refractivity contribution is -0.171. The molecular weight excluding hydrogens is 322 g/mol. The summed E-state index contributed by atoms with van der Waals surface area (Å²) in [5, 5.41) is 10.3. The average Bonchev–Trinajstić information content (AvgIpc) is 2.58. The minimum atomic E-state index is -1.47. The van der Waals surface area contributed by atoms with Gasteiger partial charge in [0.15, 0.2) is 5.60 Å². The van der Waals surface area contributed by atoms with Gasteiger partial charge in [0.05, 0.1) is 19.6 Å². The highest BCUT2D eigenvalue weighted by Gasteiger charge is 2.41. The molecule has 1 aromatic rings. The molecule has 0 saturated carbocycles. The molecule has 6 nitrogen and oxygen atoms in total. The van der Waals surface area contributed by atoms with Crippen molar-refractivity contribution in [1.29, 1.82) is 0 Å². The van der Waals surface area contributed by atoms with Crippen molar-refractivity contribution >= 4 is 11.9 Å². The third-order valence-corrected chi connectivity index (χ3v) is 4.52. The predicted molar refractivity (Wildman–Crippen MR) is 93.4 cm³/mol. The summed E-state index contributed by atoms with van der Waals surface area (Å²) in [6.45, 7) is 6.90. The molecule has 1 fully saturated rings. The van der Waals surface area contributed by atoms with Crippen LogP contribution in [0.5, 0.6) is 5.75 Å². The van der Waals surface area contributed by atoms with Gasteiger partial charge in [-0.2, -0.15) is 0 Å². The van der Waals surface area contributed by atoms with Gasteiger partial charge < -0.3 is 19.5 Å². The van der Waals surface area contributed by atoms with E-state index in [1.54, 1.807) is 11.8 Å². The molecule has 1 aromatic carbocycles. The standard InChI is InChI=1S/C19H27NO5/c1-4-24-18(22)19(23)8-10-20(11-9-19)17(21)7-12-25-16-13-14(2)5-6-15(16)3/h5-6,13,23H,4,7-12H2,1-3H3. The van der Waals surface area contributed by atoms with E-state index in [9.17, 15) is 14.7 Å². The van der Waals surface area contributed by atoms with Crippen LogP contribution in [0.2, 0.25) is 0 Å². The summed E-state index contributed by atoms with van der Waals surface area (Å²) >= 11 is 0. The van der Waals surface area contributed by atoms with Crippen LogP contribution in [-0.4, -0.2) is 53.8 Å². The Hall–Kier alpha value is -2.08. The lowest BCUT2D eigenvalue weighted by Gasteiger charge is -2.36. The number of aryl methyl sites for hydroxylation is 2. The summed E-state index contributed by atoms with van der Waals surface area (Å²) in [5.74, 6) is 0.166. The minimum absolute atomic E-state index is 0.0313. The van der Waals surface area contributed by atoms with Crippen molar-refractivity contribution in [3.8, 4) is 5.75 Å². The van der Waals surface area contributed by atoms with E-state index in [2.05, 4.69) is 0 Å². The van der Waals surface area contributed by atoms with Crippen LogP contribution in [0, 0.1) is 13.8 Å². The number of ether oxygens (including phenoxy) is 2. The maximum Gasteiger partial charge on any atom is 0.338 e. The van der Waals surface area contributed by atoms with Gasteiger partial charge in [0, 0.05) is 25.9 Å². The zero-order valence-electron chi connectivity index (χ0n) is 15.2. The Kier molecular flexibility index (Phi) is 6.42.